The normalized spacial score (nSPS) is 11.6. The first kappa shape index (κ1) is 40.4. The topological polar surface area (TPSA) is 203 Å². The van der Waals surface area contributed by atoms with Gasteiger partial charge < -0.3 is 26.2 Å². The van der Waals surface area contributed by atoms with Crippen LogP contribution in [0.2, 0.25) is 0 Å². The maximum Gasteiger partial charge on any atom is 0.259 e. The molecule has 0 heterocycles. The zero-order chi connectivity index (χ0) is 40.7. The molecule has 13 heteroatoms. The maximum absolute atomic E-state index is 13.2. The summed E-state index contributed by atoms with van der Waals surface area (Å²) in [4.78, 5) is 52.5. The summed E-state index contributed by atoms with van der Waals surface area (Å²) in [5.74, 6) is -3.60. The Balaban J connectivity index is 1.18. The first-order valence-corrected chi connectivity index (χ1v) is 19.2. The Bertz CT molecular complexity index is 2470. The number of ketones is 1. The highest BCUT2D eigenvalue weighted by Crippen LogP contribution is 2.32. The fraction of sp³-hybridized carbons (Fsp3) is 0.186. The van der Waals surface area contributed by atoms with Crippen LogP contribution in [0, 0.1) is 44.9 Å². The van der Waals surface area contributed by atoms with E-state index in [0.717, 1.165) is 5.56 Å². The molecule has 0 saturated carbocycles. The SMILES string of the molecule is Cc1ccc(S(=O)(=O)Cc2ccc(C(=O)CC(CC#N)C(=O)Nc3ccc(C(=O)Nc4ccc(C(=O)Nc5ccc(C)c(O)c5C)c(O)c4C)cc3)cc2)cc1. The van der Waals surface area contributed by atoms with E-state index in [-0.39, 0.29) is 62.9 Å². The maximum atomic E-state index is 13.2. The van der Waals surface area contributed by atoms with E-state index in [0.29, 0.717) is 28.1 Å². The van der Waals surface area contributed by atoms with E-state index in [1.165, 1.54) is 48.5 Å². The quantitative estimate of drug-likeness (QED) is 0.0749. The smallest absolute Gasteiger partial charge is 0.259 e. The van der Waals surface area contributed by atoms with E-state index >= 15 is 0 Å². The largest absolute Gasteiger partial charge is 0.507 e. The molecule has 0 aromatic heterocycles. The number of nitrogens with zero attached hydrogens (tertiary/aromatic N) is 1. The molecule has 1 unspecified atom stereocenters. The average Bonchev–Trinajstić information content (AvgIpc) is 3.17. The summed E-state index contributed by atoms with van der Waals surface area (Å²) < 4.78 is 25.7. The second-order valence-electron chi connectivity index (χ2n) is 13.5. The third kappa shape index (κ3) is 9.47. The first-order valence-electron chi connectivity index (χ1n) is 17.5. The molecule has 0 aliphatic heterocycles. The molecule has 0 spiro atoms. The minimum atomic E-state index is -3.59. The second kappa shape index (κ2) is 17.1. The second-order valence-corrected chi connectivity index (χ2v) is 15.5. The number of aryl methyl sites for hydroxylation is 2. The molecule has 5 N–H and O–H groups in total. The Kier molecular flexibility index (Phi) is 12.4. The van der Waals surface area contributed by atoms with E-state index < -0.39 is 39.3 Å². The fourth-order valence-corrected chi connectivity index (χ4v) is 7.22. The zero-order valence-corrected chi connectivity index (χ0v) is 32.0. The molecule has 12 nitrogen and oxygen atoms in total. The van der Waals surface area contributed by atoms with Crippen LogP contribution in [0.1, 0.15) is 71.7 Å². The van der Waals surface area contributed by atoms with Crippen molar-refractivity contribution < 1.29 is 37.8 Å². The van der Waals surface area contributed by atoms with Gasteiger partial charge in [0, 0.05) is 52.2 Å². The molecule has 0 fully saturated rings. The summed E-state index contributed by atoms with van der Waals surface area (Å²) in [6.45, 7) is 6.80. The van der Waals surface area contributed by atoms with Gasteiger partial charge in [-0.15, -0.1) is 0 Å². The Morgan fingerprint density at radius 2 is 1.25 bits per heavy atom. The molecule has 5 rings (SSSR count). The van der Waals surface area contributed by atoms with Gasteiger partial charge in [-0.1, -0.05) is 48.0 Å². The summed E-state index contributed by atoms with van der Waals surface area (Å²) >= 11 is 0. The van der Waals surface area contributed by atoms with Gasteiger partial charge in [0.05, 0.1) is 28.2 Å². The molecule has 0 aliphatic carbocycles. The Labute approximate surface area is 324 Å². The van der Waals surface area contributed by atoms with E-state index in [2.05, 4.69) is 16.0 Å². The summed E-state index contributed by atoms with van der Waals surface area (Å²) in [5.41, 5.74) is 4.24. The van der Waals surface area contributed by atoms with E-state index in [1.54, 1.807) is 69.3 Å². The van der Waals surface area contributed by atoms with Crippen molar-refractivity contribution in [3.8, 4) is 17.6 Å². The summed E-state index contributed by atoms with van der Waals surface area (Å²) in [5, 5.41) is 38.5. The van der Waals surface area contributed by atoms with Crippen molar-refractivity contribution in [3.05, 3.63) is 142 Å². The van der Waals surface area contributed by atoms with Crippen LogP contribution in [0.3, 0.4) is 0 Å². The van der Waals surface area contributed by atoms with Crippen LogP contribution in [0.5, 0.6) is 11.5 Å². The summed E-state index contributed by atoms with van der Waals surface area (Å²) in [6, 6.07) is 26.7. The number of rotatable bonds is 13. The van der Waals surface area contributed by atoms with Crippen molar-refractivity contribution >= 4 is 50.4 Å². The number of carbonyl (C=O) groups is 4. The number of nitriles is 1. The molecule has 0 saturated heterocycles. The third-order valence-corrected chi connectivity index (χ3v) is 11.1. The van der Waals surface area contributed by atoms with Gasteiger partial charge in [-0.2, -0.15) is 5.26 Å². The predicted molar refractivity (Wildman–Crippen MR) is 213 cm³/mol. The van der Waals surface area contributed by atoms with Gasteiger partial charge in [0.1, 0.15) is 11.5 Å². The highest BCUT2D eigenvalue weighted by atomic mass is 32.2. The van der Waals surface area contributed by atoms with Crippen LogP contribution >= 0.6 is 0 Å². The number of nitrogens with one attached hydrogen (secondary N) is 3. The first-order chi connectivity index (χ1) is 26.6. The van der Waals surface area contributed by atoms with Gasteiger partial charge in [0.15, 0.2) is 15.6 Å². The number of amides is 3. The number of phenolic OH excluding ortho intramolecular Hbond substituents is 2. The third-order valence-electron chi connectivity index (χ3n) is 9.37. The number of anilines is 3. The van der Waals surface area contributed by atoms with Crippen LogP contribution in [-0.2, 0) is 20.4 Å². The summed E-state index contributed by atoms with van der Waals surface area (Å²) in [6.07, 6.45) is -0.491. The summed E-state index contributed by atoms with van der Waals surface area (Å²) in [7, 11) is -3.59. The molecule has 1 atom stereocenters. The van der Waals surface area contributed by atoms with Gasteiger partial charge in [-0.05, 0) is 93.4 Å². The zero-order valence-electron chi connectivity index (χ0n) is 31.1. The number of hydrogen-bond donors (Lipinski definition) is 5. The highest BCUT2D eigenvalue weighted by molar-refractivity contribution is 7.90. The minimum absolute atomic E-state index is 0.0310. The predicted octanol–water partition coefficient (Wildman–Crippen LogP) is 7.55. The molecular weight excluding hydrogens is 733 g/mol. The average molecular weight is 773 g/mol. The number of phenols is 2. The lowest BCUT2D eigenvalue weighted by Gasteiger charge is -2.15. The van der Waals surface area contributed by atoms with E-state index in [1.807, 2.05) is 13.0 Å². The van der Waals surface area contributed by atoms with Crippen LogP contribution in [0.4, 0.5) is 17.1 Å². The van der Waals surface area contributed by atoms with Crippen molar-refractivity contribution in [1.29, 1.82) is 5.26 Å². The number of sulfone groups is 1. The Morgan fingerprint density at radius 3 is 1.88 bits per heavy atom. The van der Waals surface area contributed by atoms with Crippen LogP contribution in [-0.4, -0.2) is 42.1 Å². The molecule has 0 bridgehead atoms. The molecular formula is C43H40N4O8S. The van der Waals surface area contributed by atoms with Crippen molar-refractivity contribution in [2.45, 2.75) is 51.2 Å². The van der Waals surface area contributed by atoms with Crippen LogP contribution in [0.25, 0.3) is 0 Å². The molecule has 5 aromatic rings. The fourth-order valence-electron chi connectivity index (χ4n) is 5.87. The molecule has 56 heavy (non-hydrogen) atoms. The number of benzene rings is 5. The monoisotopic (exact) mass is 772 g/mol. The number of carbonyl (C=O) groups excluding carboxylic acids is 4. The highest BCUT2D eigenvalue weighted by Gasteiger charge is 2.24. The lowest BCUT2D eigenvalue weighted by molar-refractivity contribution is -0.119. The van der Waals surface area contributed by atoms with Crippen molar-refractivity contribution in [3.63, 3.8) is 0 Å². The van der Waals surface area contributed by atoms with Crippen LogP contribution in [0.15, 0.2) is 102 Å². The van der Waals surface area contributed by atoms with Gasteiger partial charge in [-0.3, -0.25) is 19.2 Å². The molecule has 3 amide bonds. The number of Topliss-reactive ketones (excluding diaryl/α,β-unsaturated/α-hetero) is 1. The van der Waals surface area contributed by atoms with Gasteiger partial charge in [0.25, 0.3) is 11.8 Å². The lowest BCUT2D eigenvalue weighted by atomic mass is 9.94. The standard InChI is InChI=1S/C43H40N4O8S/c1-25-5-16-34(17-6-25)56(54,55)24-29-8-10-30(11-9-29)38(48)23-32(21-22-44)42(52)45-33-14-12-31(13-15-33)41(51)46-37-20-18-35(40(50)28(37)4)43(53)47-36-19-7-26(2)39(49)27(36)3/h5-20,32,49-50H,21,23-24H2,1-4H3,(H,45,52)(H,46,51)(H,47,53). The number of hydrogen-bond acceptors (Lipinski definition) is 9. The van der Waals surface area contributed by atoms with Gasteiger partial charge in [-0.25, -0.2) is 8.42 Å². The van der Waals surface area contributed by atoms with Crippen molar-refractivity contribution in [2.24, 2.45) is 5.92 Å². The van der Waals surface area contributed by atoms with E-state index in [9.17, 15) is 43.1 Å². The Morgan fingerprint density at radius 1 is 0.679 bits per heavy atom. The molecule has 0 radical (unpaired) electrons. The molecule has 5 aromatic carbocycles. The Hall–Kier alpha value is -6.78. The lowest BCUT2D eigenvalue weighted by Crippen LogP contribution is -2.25. The van der Waals surface area contributed by atoms with E-state index in [4.69, 9.17) is 0 Å². The molecule has 286 valence electrons. The number of aromatic hydroxyl groups is 2. The van der Waals surface area contributed by atoms with Crippen LogP contribution < -0.4 is 16.0 Å². The van der Waals surface area contributed by atoms with Crippen molar-refractivity contribution in [1.82, 2.24) is 0 Å². The minimum Gasteiger partial charge on any atom is -0.507 e. The van der Waals surface area contributed by atoms with Gasteiger partial charge in [0.2, 0.25) is 5.91 Å². The molecule has 0 aliphatic rings. The van der Waals surface area contributed by atoms with Crippen molar-refractivity contribution in [2.75, 3.05) is 16.0 Å². The van der Waals surface area contributed by atoms with Gasteiger partial charge >= 0.3 is 0 Å².